The predicted octanol–water partition coefficient (Wildman–Crippen LogP) is 2.87. The summed E-state index contributed by atoms with van der Waals surface area (Å²) < 4.78 is 5.55. The molecule has 4 heteroatoms. The monoisotopic (exact) mass is 223 g/mol. The van der Waals surface area contributed by atoms with Crippen molar-refractivity contribution in [2.75, 3.05) is 18.5 Å². The Hall–Kier alpha value is -1.32. The van der Waals surface area contributed by atoms with E-state index < -0.39 is 0 Å². The number of nitrogens with one attached hydrogen (secondary N) is 1. The Balaban J connectivity index is 2.27. The molecular weight excluding hydrogens is 202 g/mol. The van der Waals surface area contributed by atoms with Crippen molar-refractivity contribution in [3.05, 3.63) is 12.4 Å². The van der Waals surface area contributed by atoms with Crippen LogP contribution in [0.15, 0.2) is 12.4 Å². The molecule has 1 aromatic rings. The molecule has 90 valence electrons. The lowest BCUT2D eigenvalue weighted by Crippen LogP contribution is -2.03. The summed E-state index contributed by atoms with van der Waals surface area (Å²) in [5.41, 5.74) is 0. The number of ether oxygens (including phenoxy) is 1. The van der Waals surface area contributed by atoms with Crippen LogP contribution >= 0.6 is 0 Å². The zero-order chi connectivity index (χ0) is 11.6. The van der Waals surface area contributed by atoms with Crippen molar-refractivity contribution in [3.8, 4) is 5.88 Å². The summed E-state index contributed by atoms with van der Waals surface area (Å²) in [5, 5.41) is 3.13. The molecule has 16 heavy (non-hydrogen) atoms. The third-order valence-corrected chi connectivity index (χ3v) is 2.25. The van der Waals surface area contributed by atoms with Crippen LogP contribution in [0.25, 0.3) is 0 Å². The largest absolute Gasteiger partial charge is 0.478 e. The van der Waals surface area contributed by atoms with Crippen LogP contribution in [0.2, 0.25) is 0 Å². The van der Waals surface area contributed by atoms with Crippen LogP contribution in [-0.2, 0) is 0 Å². The van der Waals surface area contributed by atoms with Gasteiger partial charge in [-0.3, -0.25) is 0 Å². The van der Waals surface area contributed by atoms with Crippen LogP contribution in [-0.4, -0.2) is 23.1 Å². The number of nitrogens with zero attached hydrogens (tertiary/aromatic N) is 2. The van der Waals surface area contributed by atoms with Crippen LogP contribution in [0.3, 0.4) is 0 Å². The molecule has 0 aliphatic heterocycles. The minimum atomic E-state index is 0.655. The van der Waals surface area contributed by atoms with Gasteiger partial charge < -0.3 is 10.1 Å². The van der Waals surface area contributed by atoms with Gasteiger partial charge in [-0.25, -0.2) is 9.97 Å². The first-order chi connectivity index (χ1) is 7.86. The van der Waals surface area contributed by atoms with Crippen LogP contribution < -0.4 is 10.1 Å². The van der Waals surface area contributed by atoms with Crippen LogP contribution in [0.1, 0.15) is 39.5 Å². The molecule has 0 aromatic carbocycles. The van der Waals surface area contributed by atoms with Crippen LogP contribution in [0, 0.1) is 0 Å². The van der Waals surface area contributed by atoms with E-state index in [-0.39, 0.29) is 0 Å². The van der Waals surface area contributed by atoms with E-state index in [4.69, 9.17) is 4.74 Å². The van der Waals surface area contributed by atoms with E-state index in [1.165, 1.54) is 25.6 Å². The van der Waals surface area contributed by atoms with Gasteiger partial charge in [0.2, 0.25) is 5.88 Å². The fraction of sp³-hybridized carbons (Fsp3) is 0.667. The average Bonchev–Trinajstić information content (AvgIpc) is 2.30. The second-order valence-corrected chi connectivity index (χ2v) is 3.68. The Kier molecular flexibility index (Phi) is 6.30. The zero-order valence-electron chi connectivity index (χ0n) is 10.2. The molecule has 4 nitrogen and oxygen atoms in total. The van der Waals surface area contributed by atoms with Crippen molar-refractivity contribution in [2.45, 2.75) is 39.5 Å². The number of hydrogen-bond donors (Lipinski definition) is 1. The van der Waals surface area contributed by atoms with Gasteiger partial charge in [0.1, 0.15) is 12.1 Å². The van der Waals surface area contributed by atoms with Gasteiger partial charge >= 0.3 is 0 Å². The van der Waals surface area contributed by atoms with E-state index in [1.807, 2.05) is 13.0 Å². The summed E-state index contributed by atoms with van der Waals surface area (Å²) in [7, 11) is 0. The van der Waals surface area contributed by atoms with E-state index in [0.29, 0.717) is 5.88 Å². The first-order valence-corrected chi connectivity index (χ1v) is 6.05. The highest BCUT2D eigenvalue weighted by atomic mass is 16.5. The molecule has 1 aromatic heterocycles. The Morgan fingerprint density at radius 3 is 2.81 bits per heavy atom. The smallest absolute Gasteiger partial charge is 0.218 e. The van der Waals surface area contributed by atoms with Crippen LogP contribution in [0.4, 0.5) is 5.82 Å². The second-order valence-electron chi connectivity index (χ2n) is 3.68. The fourth-order valence-electron chi connectivity index (χ4n) is 1.40. The number of unbranched alkanes of at least 4 members (excludes halogenated alkanes) is 3. The van der Waals surface area contributed by atoms with Gasteiger partial charge in [-0.2, -0.15) is 0 Å². The van der Waals surface area contributed by atoms with E-state index in [0.717, 1.165) is 25.4 Å². The average molecular weight is 223 g/mol. The summed E-state index contributed by atoms with van der Waals surface area (Å²) >= 11 is 0. The van der Waals surface area contributed by atoms with Gasteiger partial charge in [0.15, 0.2) is 0 Å². The van der Waals surface area contributed by atoms with Crippen molar-refractivity contribution in [1.29, 1.82) is 0 Å². The maximum Gasteiger partial charge on any atom is 0.218 e. The minimum Gasteiger partial charge on any atom is -0.478 e. The summed E-state index contributed by atoms with van der Waals surface area (Å²) in [6.45, 7) is 5.83. The van der Waals surface area contributed by atoms with Crippen molar-refractivity contribution in [3.63, 3.8) is 0 Å². The van der Waals surface area contributed by atoms with E-state index in [9.17, 15) is 0 Å². The quantitative estimate of drug-likeness (QED) is 0.688. The lowest BCUT2D eigenvalue weighted by molar-refractivity contribution is 0.293. The molecule has 0 spiro atoms. The maximum atomic E-state index is 5.55. The lowest BCUT2D eigenvalue weighted by Gasteiger charge is -2.06. The summed E-state index contributed by atoms with van der Waals surface area (Å²) in [4.78, 5) is 8.15. The molecule has 0 atom stereocenters. The highest BCUT2D eigenvalue weighted by molar-refractivity contribution is 5.36. The molecule has 0 saturated heterocycles. The normalized spacial score (nSPS) is 10.1. The summed E-state index contributed by atoms with van der Waals surface area (Å²) in [6, 6.07) is 1.84. The van der Waals surface area contributed by atoms with Crippen LogP contribution in [0.5, 0.6) is 5.88 Å². The fourth-order valence-corrected chi connectivity index (χ4v) is 1.40. The first-order valence-electron chi connectivity index (χ1n) is 6.05. The van der Waals surface area contributed by atoms with Gasteiger partial charge in [-0.1, -0.05) is 26.2 Å². The van der Waals surface area contributed by atoms with E-state index >= 15 is 0 Å². The Morgan fingerprint density at radius 2 is 2.06 bits per heavy atom. The van der Waals surface area contributed by atoms with Gasteiger partial charge in [0.05, 0.1) is 6.61 Å². The molecule has 0 bridgehead atoms. The third kappa shape index (κ3) is 4.96. The number of anilines is 1. The zero-order valence-corrected chi connectivity index (χ0v) is 10.2. The SMILES string of the molecule is CCCCCCOc1cc(NCC)ncn1. The third-order valence-electron chi connectivity index (χ3n) is 2.25. The molecule has 0 aliphatic rings. The Morgan fingerprint density at radius 1 is 1.19 bits per heavy atom. The maximum absolute atomic E-state index is 5.55. The molecule has 0 radical (unpaired) electrons. The molecule has 0 amide bonds. The second kappa shape index (κ2) is 7.91. The molecule has 1 N–H and O–H groups in total. The van der Waals surface area contributed by atoms with Gasteiger partial charge in [-0.15, -0.1) is 0 Å². The number of rotatable bonds is 8. The highest BCUT2D eigenvalue weighted by Gasteiger charge is 1.98. The van der Waals surface area contributed by atoms with Crippen molar-refractivity contribution in [1.82, 2.24) is 9.97 Å². The van der Waals surface area contributed by atoms with Gasteiger partial charge in [-0.05, 0) is 13.3 Å². The minimum absolute atomic E-state index is 0.655. The van der Waals surface area contributed by atoms with E-state index in [2.05, 4.69) is 22.2 Å². The highest BCUT2D eigenvalue weighted by Crippen LogP contribution is 2.11. The topological polar surface area (TPSA) is 47.0 Å². The Bertz CT molecular complexity index is 291. The number of aromatic nitrogens is 2. The Labute approximate surface area is 97.5 Å². The molecule has 1 heterocycles. The van der Waals surface area contributed by atoms with Gasteiger partial charge in [0.25, 0.3) is 0 Å². The summed E-state index contributed by atoms with van der Waals surface area (Å²) in [5.74, 6) is 1.48. The van der Waals surface area contributed by atoms with E-state index in [1.54, 1.807) is 0 Å². The van der Waals surface area contributed by atoms with Crippen molar-refractivity contribution < 1.29 is 4.74 Å². The summed E-state index contributed by atoms with van der Waals surface area (Å²) in [6.07, 6.45) is 6.36. The molecule has 0 unspecified atom stereocenters. The lowest BCUT2D eigenvalue weighted by atomic mass is 10.2. The molecule has 0 saturated carbocycles. The number of hydrogen-bond acceptors (Lipinski definition) is 4. The molecular formula is C12H21N3O. The van der Waals surface area contributed by atoms with Gasteiger partial charge in [0, 0.05) is 12.6 Å². The van der Waals surface area contributed by atoms with Crippen molar-refractivity contribution >= 4 is 5.82 Å². The molecule has 0 aliphatic carbocycles. The van der Waals surface area contributed by atoms with Crippen molar-refractivity contribution in [2.24, 2.45) is 0 Å². The predicted molar refractivity (Wildman–Crippen MR) is 65.8 cm³/mol. The molecule has 0 fully saturated rings. The standard InChI is InChI=1S/C12H21N3O/c1-3-5-6-7-8-16-12-9-11(13-4-2)14-10-15-12/h9-10H,3-8H2,1-2H3,(H,13,14,15). The first kappa shape index (κ1) is 12.7. The molecule has 1 rings (SSSR count).